The van der Waals surface area contributed by atoms with Gasteiger partial charge in [-0.25, -0.2) is 8.42 Å². The quantitative estimate of drug-likeness (QED) is 0.856. The number of ketones is 1. The SMILES string of the molecule is CC(C)c1ccc(C(C#N)C(=O)C2CCS(=O)(=O)C2)cc1. The Bertz CT molecular complexity index is 668. The molecule has 0 amide bonds. The van der Waals surface area contributed by atoms with Crippen LogP contribution in [-0.2, 0) is 14.6 Å². The Hall–Kier alpha value is -1.67. The number of Topliss-reactive ketones (excluding diaryl/α,β-unsaturated/α-hetero) is 1. The van der Waals surface area contributed by atoms with Crippen LogP contribution in [0.3, 0.4) is 0 Å². The average molecular weight is 305 g/mol. The van der Waals surface area contributed by atoms with Crippen molar-refractivity contribution in [3.8, 4) is 6.07 Å². The molecule has 1 fully saturated rings. The largest absolute Gasteiger partial charge is 0.297 e. The normalized spacial score (nSPS) is 21.9. The molecule has 1 saturated heterocycles. The zero-order chi connectivity index (χ0) is 15.6. The number of nitriles is 1. The van der Waals surface area contributed by atoms with E-state index in [1.165, 1.54) is 0 Å². The number of carbonyl (C=O) groups excluding carboxylic acids is 1. The lowest BCUT2D eigenvalue weighted by molar-refractivity contribution is -0.122. The highest BCUT2D eigenvalue weighted by Crippen LogP contribution is 2.28. The Labute approximate surface area is 125 Å². The van der Waals surface area contributed by atoms with Crippen LogP contribution in [0.15, 0.2) is 24.3 Å². The molecule has 0 aliphatic carbocycles. The van der Waals surface area contributed by atoms with E-state index in [2.05, 4.69) is 13.8 Å². The average Bonchev–Trinajstić information content (AvgIpc) is 2.80. The monoisotopic (exact) mass is 305 g/mol. The van der Waals surface area contributed by atoms with Gasteiger partial charge < -0.3 is 0 Å². The zero-order valence-corrected chi connectivity index (χ0v) is 13.1. The second-order valence-electron chi connectivity index (χ2n) is 5.89. The van der Waals surface area contributed by atoms with Crippen LogP contribution in [0.5, 0.6) is 0 Å². The number of nitrogens with zero attached hydrogens (tertiary/aromatic N) is 1. The van der Waals surface area contributed by atoms with Crippen molar-refractivity contribution in [1.82, 2.24) is 0 Å². The maximum atomic E-state index is 12.4. The van der Waals surface area contributed by atoms with Crippen molar-refractivity contribution in [2.75, 3.05) is 11.5 Å². The van der Waals surface area contributed by atoms with Crippen LogP contribution in [0.2, 0.25) is 0 Å². The molecule has 1 heterocycles. The van der Waals surface area contributed by atoms with Crippen molar-refractivity contribution in [1.29, 1.82) is 5.26 Å². The first-order chi connectivity index (χ1) is 9.84. The molecule has 0 bridgehead atoms. The van der Waals surface area contributed by atoms with E-state index in [1.807, 2.05) is 18.2 Å². The van der Waals surface area contributed by atoms with Gasteiger partial charge >= 0.3 is 0 Å². The summed E-state index contributed by atoms with van der Waals surface area (Å²) in [4.78, 5) is 12.4. The molecular weight excluding hydrogens is 286 g/mol. The summed E-state index contributed by atoms with van der Waals surface area (Å²) in [6, 6.07) is 9.46. The molecule has 1 aromatic rings. The third-order valence-corrected chi connectivity index (χ3v) is 5.75. The lowest BCUT2D eigenvalue weighted by Crippen LogP contribution is -2.22. The molecule has 1 aliphatic rings. The van der Waals surface area contributed by atoms with Crippen LogP contribution in [0, 0.1) is 17.2 Å². The van der Waals surface area contributed by atoms with E-state index < -0.39 is 21.7 Å². The minimum absolute atomic E-state index is 0.0494. The smallest absolute Gasteiger partial charge is 0.158 e. The van der Waals surface area contributed by atoms with Gasteiger partial charge in [-0.3, -0.25) is 4.79 Å². The Balaban J connectivity index is 2.20. The summed E-state index contributed by atoms with van der Waals surface area (Å²) in [5, 5.41) is 9.30. The van der Waals surface area contributed by atoms with Crippen molar-refractivity contribution >= 4 is 15.6 Å². The molecular formula is C16H19NO3S. The van der Waals surface area contributed by atoms with Gasteiger partial charge in [-0.1, -0.05) is 38.1 Å². The Kier molecular flexibility index (Phi) is 4.48. The number of carbonyl (C=O) groups is 1. The number of benzene rings is 1. The summed E-state index contributed by atoms with van der Waals surface area (Å²) in [7, 11) is -3.11. The summed E-state index contributed by atoms with van der Waals surface area (Å²) in [6.07, 6.45) is 0.337. The van der Waals surface area contributed by atoms with E-state index in [0.29, 0.717) is 17.9 Å². The molecule has 112 valence electrons. The second-order valence-corrected chi connectivity index (χ2v) is 8.11. The highest BCUT2D eigenvalue weighted by atomic mass is 32.2. The van der Waals surface area contributed by atoms with Gasteiger partial charge in [-0.2, -0.15) is 5.26 Å². The Morgan fingerprint density at radius 2 is 1.81 bits per heavy atom. The first-order valence-electron chi connectivity index (χ1n) is 7.07. The predicted molar refractivity (Wildman–Crippen MR) is 80.7 cm³/mol. The minimum Gasteiger partial charge on any atom is -0.297 e. The first-order valence-corrected chi connectivity index (χ1v) is 8.90. The van der Waals surface area contributed by atoms with Crippen molar-refractivity contribution in [2.45, 2.75) is 32.1 Å². The van der Waals surface area contributed by atoms with Gasteiger partial charge in [0.2, 0.25) is 0 Å². The van der Waals surface area contributed by atoms with Crippen LogP contribution < -0.4 is 0 Å². The van der Waals surface area contributed by atoms with E-state index in [-0.39, 0.29) is 17.3 Å². The van der Waals surface area contributed by atoms with Gasteiger partial charge in [-0.05, 0) is 23.5 Å². The summed E-state index contributed by atoms with van der Waals surface area (Å²) in [5.41, 5.74) is 1.79. The number of sulfone groups is 1. The van der Waals surface area contributed by atoms with Crippen molar-refractivity contribution < 1.29 is 13.2 Å². The first kappa shape index (κ1) is 15.7. The predicted octanol–water partition coefficient (Wildman–Crippen LogP) is 2.42. The standard InChI is InChI=1S/C16H19NO3S/c1-11(2)12-3-5-13(6-4-12)15(9-17)16(18)14-7-8-21(19,20)10-14/h3-6,11,14-15H,7-8,10H2,1-2H3. The third-order valence-electron chi connectivity index (χ3n) is 3.98. The molecule has 2 atom stereocenters. The Morgan fingerprint density at radius 3 is 2.24 bits per heavy atom. The summed E-state index contributed by atoms with van der Waals surface area (Å²) in [5.74, 6) is -1.36. The molecule has 21 heavy (non-hydrogen) atoms. The number of hydrogen-bond acceptors (Lipinski definition) is 4. The molecule has 1 aliphatic heterocycles. The molecule has 0 saturated carbocycles. The van der Waals surface area contributed by atoms with Crippen LogP contribution in [0.25, 0.3) is 0 Å². The van der Waals surface area contributed by atoms with E-state index in [9.17, 15) is 18.5 Å². The van der Waals surface area contributed by atoms with Gasteiger partial charge in [0.15, 0.2) is 15.6 Å². The maximum Gasteiger partial charge on any atom is 0.158 e. The van der Waals surface area contributed by atoms with Crippen molar-refractivity contribution in [2.24, 2.45) is 5.92 Å². The molecule has 2 rings (SSSR count). The molecule has 0 N–H and O–H groups in total. The lowest BCUT2D eigenvalue weighted by atomic mass is 9.87. The minimum atomic E-state index is -3.11. The summed E-state index contributed by atoms with van der Waals surface area (Å²) < 4.78 is 23.0. The van der Waals surface area contributed by atoms with Crippen LogP contribution in [0.4, 0.5) is 0 Å². The lowest BCUT2D eigenvalue weighted by Gasteiger charge is -2.14. The summed E-state index contributed by atoms with van der Waals surface area (Å²) >= 11 is 0. The molecule has 5 heteroatoms. The van der Waals surface area contributed by atoms with Gasteiger partial charge in [0, 0.05) is 5.92 Å². The molecule has 1 aromatic carbocycles. The molecule has 0 radical (unpaired) electrons. The van der Waals surface area contributed by atoms with E-state index >= 15 is 0 Å². The van der Waals surface area contributed by atoms with E-state index in [4.69, 9.17) is 0 Å². The van der Waals surface area contributed by atoms with Crippen LogP contribution >= 0.6 is 0 Å². The number of hydrogen-bond donors (Lipinski definition) is 0. The van der Waals surface area contributed by atoms with Gasteiger partial charge in [0.05, 0.1) is 17.6 Å². The topological polar surface area (TPSA) is 75.0 Å². The fourth-order valence-corrected chi connectivity index (χ4v) is 4.39. The fraction of sp³-hybridized carbons (Fsp3) is 0.500. The van der Waals surface area contributed by atoms with Crippen LogP contribution in [0.1, 0.15) is 43.2 Å². The molecule has 0 spiro atoms. The van der Waals surface area contributed by atoms with E-state index in [1.54, 1.807) is 12.1 Å². The maximum absolute atomic E-state index is 12.4. The molecule has 0 aromatic heterocycles. The highest BCUT2D eigenvalue weighted by molar-refractivity contribution is 7.91. The zero-order valence-electron chi connectivity index (χ0n) is 12.2. The summed E-state index contributed by atoms with van der Waals surface area (Å²) in [6.45, 7) is 4.15. The molecule has 4 nitrogen and oxygen atoms in total. The van der Waals surface area contributed by atoms with Gasteiger partial charge in [0.1, 0.15) is 5.92 Å². The van der Waals surface area contributed by atoms with Crippen molar-refractivity contribution in [3.05, 3.63) is 35.4 Å². The molecule has 2 unspecified atom stereocenters. The van der Waals surface area contributed by atoms with Crippen LogP contribution in [-0.4, -0.2) is 25.7 Å². The van der Waals surface area contributed by atoms with E-state index in [0.717, 1.165) is 5.56 Å². The highest BCUT2D eigenvalue weighted by Gasteiger charge is 2.36. The van der Waals surface area contributed by atoms with Crippen molar-refractivity contribution in [3.63, 3.8) is 0 Å². The second kappa shape index (κ2) is 5.98. The Morgan fingerprint density at radius 1 is 1.24 bits per heavy atom. The fourth-order valence-electron chi connectivity index (χ4n) is 2.63. The van der Waals surface area contributed by atoms with Gasteiger partial charge in [-0.15, -0.1) is 0 Å². The third kappa shape index (κ3) is 3.51. The van der Waals surface area contributed by atoms with Gasteiger partial charge in [0.25, 0.3) is 0 Å². The number of rotatable bonds is 4.